The summed E-state index contributed by atoms with van der Waals surface area (Å²) in [5.74, 6) is 2.25. The molecule has 104 valence electrons. The molecule has 0 heterocycles. The fourth-order valence-electron chi connectivity index (χ4n) is 2.81. The first-order valence-corrected chi connectivity index (χ1v) is 7.75. The maximum atomic E-state index is 6.04. The predicted molar refractivity (Wildman–Crippen MR) is 83.9 cm³/mol. The van der Waals surface area contributed by atoms with Crippen molar-refractivity contribution in [1.82, 2.24) is 0 Å². The highest BCUT2D eigenvalue weighted by molar-refractivity contribution is 6.17. The van der Waals surface area contributed by atoms with Gasteiger partial charge in [-0.05, 0) is 61.9 Å². The molecule has 0 saturated carbocycles. The van der Waals surface area contributed by atoms with Crippen molar-refractivity contribution in [1.29, 1.82) is 0 Å². The Morgan fingerprint density at radius 2 is 1.80 bits per heavy atom. The highest BCUT2D eigenvalue weighted by atomic mass is 35.5. The van der Waals surface area contributed by atoms with Crippen molar-refractivity contribution >= 4 is 11.6 Å². The quantitative estimate of drug-likeness (QED) is 0.686. The molecule has 3 rings (SSSR count). The molecule has 1 nitrogen and oxygen atoms in total. The van der Waals surface area contributed by atoms with E-state index in [4.69, 9.17) is 16.3 Å². The Kier molecular flexibility index (Phi) is 3.98. The van der Waals surface area contributed by atoms with Crippen molar-refractivity contribution in [2.45, 2.75) is 38.5 Å². The van der Waals surface area contributed by atoms with Crippen molar-refractivity contribution < 1.29 is 4.74 Å². The molecule has 2 aromatic rings. The number of aryl methyl sites for hydroxylation is 3. The number of ether oxygens (including phenoxy) is 1. The molecule has 0 N–H and O–H groups in total. The zero-order valence-electron chi connectivity index (χ0n) is 11.8. The minimum atomic E-state index is 0.474. The number of benzene rings is 2. The Balaban J connectivity index is 1.87. The molecule has 0 bridgehead atoms. The Hall–Kier alpha value is -1.47. The standard InChI is InChI=1S/C18H19ClO/c1-13-6-9-18(16(10-13)12-19)20-17-8-7-14-4-2-3-5-15(14)11-17/h6-11H,2-5,12H2,1H3. The van der Waals surface area contributed by atoms with Gasteiger partial charge in [-0.1, -0.05) is 23.8 Å². The van der Waals surface area contributed by atoms with Crippen molar-refractivity contribution in [2.24, 2.45) is 0 Å². The lowest BCUT2D eigenvalue weighted by Crippen LogP contribution is -2.02. The highest BCUT2D eigenvalue weighted by Gasteiger charge is 2.11. The van der Waals surface area contributed by atoms with Crippen molar-refractivity contribution in [3.05, 3.63) is 58.7 Å². The maximum Gasteiger partial charge on any atom is 0.131 e. The van der Waals surface area contributed by atoms with Crippen LogP contribution in [0.5, 0.6) is 11.5 Å². The average Bonchev–Trinajstić information content (AvgIpc) is 2.49. The molecule has 2 aromatic carbocycles. The van der Waals surface area contributed by atoms with E-state index in [1.807, 2.05) is 6.07 Å². The van der Waals surface area contributed by atoms with Crippen LogP contribution in [0.4, 0.5) is 0 Å². The molecule has 0 amide bonds. The second-order valence-electron chi connectivity index (χ2n) is 5.48. The molecule has 0 atom stereocenters. The second kappa shape index (κ2) is 5.88. The molecule has 2 heteroatoms. The van der Waals surface area contributed by atoms with E-state index < -0.39 is 0 Å². The largest absolute Gasteiger partial charge is 0.457 e. The van der Waals surface area contributed by atoms with E-state index in [0.717, 1.165) is 17.1 Å². The summed E-state index contributed by atoms with van der Waals surface area (Å²) in [7, 11) is 0. The summed E-state index contributed by atoms with van der Waals surface area (Å²) in [6, 6.07) is 12.6. The summed E-state index contributed by atoms with van der Waals surface area (Å²) >= 11 is 6.01. The van der Waals surface area contributed by atoms with Crippen LogP contribution in [0, 0.1) is 6.92 Å². The van der Waals surface area contributed by atoms with E-state index in [1.165, 1.54) is 42.4 Å². The van der Waals surface area contributed by atoms with E-state index in [-0.39, 0.29) is 0 Å². The topological polar surface area (TPSA) is 9.23 Å². The van der Waals surface area contributed by atoms with Gasteiger partial charge in [0.05, 0.1) is 5.88 Å². The number of hydrogen-bond acceptors (Lipinski definition) is 1. The van der Waals surface area contributed by atoms with E-state index in [0.29, 0.717) is 5.88 Å². The van der Waals surface area contributed by atoms with Gasteiger partial charge in [0.1, 0.15) is 11.5 Å². The van der Waals surface area contributed by atoms with Gasteiger partial charge < -0.3 is 4.74 Å². The predicted octanol–water partition coefficient (Wildman–Crippen LogP) is 5.40. The van der Waals surface area contributed by atoms with Crippen LogP contribution < -0.4 is 4.74 Å². The smallest absolute Gasteiger partial charge is 0.131 e. The van der Waals surface area contributed by atoms with E-state index in [2.05, 4.69) is 37.3 Å². The Morgan fingerprint density at radius 3 is 2.60 bits per heavy atom. The lowest BCUT2D eigenvalue weighted by atomic mass is 9.92. The highest BCUT2D eigenvalue weighted by Crippen LogP contribution is 2.31. The van der Waals surface area contributed by atoms with Gasteiger partial charge in [0, 0.05) is 5.56 Å². The lowest BCUT2D eigenvalue weighted by molar-refractivity contribution is 0.476. The minimum Gasteiger partial charge on any atom is -0.457 e. The summed E-state index contributed by atoms with van der Waals surface area (Å²) in [4.78, 5) is 0. The van der Waals surface area contributed by atoms with Gasteiger partial charge in [-0.25, -0.2) is 0 Å². The molecule has 0 spiro atoms. The fourth-order valence-corrected chi connectivity index (χ4v) is 3.02. The van der Waals surface area contributed by atoms with E-state index in [1.54, 1.807) is 0 Å². The number of hydrogen-bond donors (Lipinski definition) is 0. The minimum absolute atomic E-state index is 0.474. The third kappa shape index (κ3) is 2.83. The summed E-state index contributed by atoms with van der Waals surface area (Å²) in [5, 5.41) is 0. The van der Waals surface area contributed by atoms with Gasteiger partial charge >= 0.3 is 0 Å². The molecule has 0 aliphatic heterocycles. The van der Waals surface area contributed by atoms with Gasteiger partial charge in [0.2, 0.25) is 0 Å². The Labute approximate surface area is 125 Å². The van der Waals surface area contributed by atoms with Crippen LogP contribution in [-0.2, 0) is 18.7 Å². The zero-order chi connectivity index (χ0) is 13.9. The Bertz CT molecular complexity index is 619. The number of alkyl halides is 1. The van der Waals surface area contributed by atoms with Crippen LogP contribution in [0.3, 0.4) is 0 Å². The first-order chi connectivity index (χ1) is 9.76. The first-order valence-electron chi connectivity index (χ1n) is 7.21. The van der Waals surface area contributed by atoms with Gasteiger partial charge in [0.25, 0.3) is 0 Å². The second-order valence-corrected chi connectivity index (χ2v) is 5.75. The monoisotopic (exact) mass is 286 g/mol. The third-order valence-electron chi connectivity index (χ3n) is 3.91. The fraction of sp³-hybridized carbons (Fsp3) is 0.333. The Morgan fingerprint density at radius 1 is 1.00 bits per heavy atom. The number of fused-ring (bicyclic) bond motifs is 1. The van der Waals surface area contributed by atoms with Crippen LogP contribution in [0.2, 0.25) is 0 Å². The average molecular weight is 287 g/mol. The first kappa shape index (κ1) is 13.5. The van der Waals surface area contributed by atoms with Crippen LogP contribution in [-0.4, -0.2) is 0 Å². The number of halogens is 1. The molecular weight excluding hydrogens is 268 g/mol. The van der Waals surface area contributed by atoms with Crippen LogP contribution in [0.15, 0.2) is 36.4 Å². The molecule has 1 aliphatic rings. The van der Waals surface area contributed by atoms with Gasteiger partial charge in [0.15, 0.2) is 0 Å². The third-order valence-corrected chi connectivity index (χ3v) is 4.20. The molecule has 20 heavy (non-hydrogen) atoms. The summed E-state index contributed by atoms with van der Waals surface area (Å²) in [6.45, 7) is 2.07. The molecule has 0 radical (unpaired) electrons. The molecule has 0 saturated heterocycles. The van der Waals surface area contributed by atoms with Gasteiger partial charge in [-0.2, -0.15) is 0 Å². The molecule has 0 unspecified atom stereocenters. The normalized spacial score (nSPS) is 13.9. The van der Waals surface area contributed by atoms with Crippen LogP contribution in [0.1, 0.15) is 35.1 Å². The molecular formula is C18H19ClO. The number of rotatable bonds is 3. The van der Waals surface area contributed by atoms with Gasteiger partial charge in [-0.15, -0.1) is 11.6 Å². The van der Waals surface area contributed by atoms with Crippen molar-refractivity contribution in [3.63, 3.8) is 0 Å². The molecule has 1 aliphatic carbocycles. The van der Waals surface area contributed by atoms with E-state index >= 15 is 0 Å². The van der Waals surface area contributed by atoms with Crippen molar-refractivity contribution in [2.75, 3.05) is 0 Å². The van der Waals surface area contributed by atoms with Crippen molar-refractivity contribution in [3.8, 4) is 11.5 Å². The molecule has 0 fully saturated rings. The van der Waals surface area contributed by atoms with Crippen LogP contribution in [0.25, 0.3) is 0 Å². The maximum absolute atomic E-state index is 6.04. The molecule has 0 aromatic heterocycles. The van der Waals surface area contributed by atoms with Crippen LogP contribution >= 0.6 is 11.6 Å². The SMILES string of the molecule is Cc1ccc(Oc2ccc3c(c2)CCCC3)c(CCl)c1. The van der Waals surface area contributed by atoms with E-state index in [9.17, 15) is 0 Å². The lowest BCUT2D eigenvalue weighted by Gasteiger charge is -2.17. The summed E-state index contributed by atoms with van der Waals surface area (Å²) in [5.41, 5.74) is 5.17. The summed E-state index contributed by atoms with van der Waals surface area (Å²) in [6.07, 6.45) is 4.96. The van der Waals surface area contributed by atoms with Gasteiger partial charge in [-0.3, -0.25) is 0 Å². The summed E-state index contributed by atoms with van der Waals surface area (Å²) < 4.78 is 6.04. The zero-order valence-corrected chi connectivity index (χ0v) is 12.5.